The molecule has 9 N–H and O–H groups in total. The number of guanidine groups is 2. The Balaban J connectivity index is 0. The number of nitrogens with one attached hydrogen (secondary N) is 2. The van der Waals surface area contributed by atoms with Crippen LogP contribution in [0.2, 0.25) is 0 Å². The van der Waals surface area contributed by atoms with E-state index < -0.39 is 23.4 Å². The molecule has 11 nitrogen and oxygen atoms in total. The van der Waals surface area contributed by atoms with E-state index in [1.54, 1.807) is 27.9 Å². The van der Waals surface area contributed by atoms with Crippen LogP contribution in [-0.4, -0.2) is 78.8 Å². The smallest absolute Gasteiger partial charge is 0.305 e. The molecular formula is C13H28N6O5. The SMILES string of the molecule is CN(C)C(=N)N=C(N)N.[2H]OC(C(=O)NCCC(=O)O)C(C)(C)CO. The van der Waals surface area contributed by atoms with E-state index in [0.717, 1.165) is 0 Å². The zero-order valence-corrected chi connectivity index (χ0v) is 14.4. The second kappa shape index (κ2) is 11.2. The minimum atomic E-state index is -1.13. The van der Waals surface area contributed by atoms with Gasteiger partial charge >= 0.3 is 5.97 Å². The Morgan fingerprint density at radius 1 is 1.42 bits per heavy atom. The van der Waals surface area contributed by atoms with Crippen molar-refractivity contribution in [1.82, 2.24) is 10.2 Å². The van der Waals surface area contributed by atoms with Gasteiger partial charge in [0.2, 0.25) is 13.3 Å². The molecule has 140 valence electrons. The Morgan fingerprint density at radius 3 is 2.25 bits per heavy atom. The Bertz CT molecular complexity index is 480. The van der Waals surface area contributed by atoms with Gasteiger partial charge in [-0.2, -0.15) is 4.99 Å². The van der Waals surface area contributed by atoms with Gasteiger partial charge in [0.25, 0.3) is 0 Å². The van der Waals surface area contributed by atoms with Gasteiger partial charge in [-0.1, -0.05) is 13.8 Å². The Kier molecular flexibility index (Phi) is 10.1. The maximum atomic E-state index is 11.5. The molecular weight excluding hydrogens is 320 g/mol. The summed E-state index contributed by atoms with van der Waals surface area (Å²) >= 11 is 0. The highest BCUT2D eigenvalue weighted by molar-refractivity contribution is 5.91. The number of hydrogen-bond acceptors (Lipinski definition) is 5. The average molecular weight is 349 g/mol. The van der Waals surface area contributed by atoms with Gasteiger partial charge in [0.05, 0.1) is 13.0 Å². The number of amides is 1. The standard InChI is InChI=1S/C9H17NO5.C4H11N5/c1-9(2,5-11)7(14)8(15)10-4-3-6(12)13;1-9(2)4(7)8-3(5)6/h7,11,14H,3-5H2,1-2H3,(H,10,15)(H,12,13);1-2H3,(H5,5,6,7,8)/i14D;. The van der Waals surface area contributed by atoms with Crippen LogP contribution in [-0.2, 0) is 9.59 Å². The molecule has 24 heavy (non-hydrogen) atoms. The number of carboxylic acids is 1. The molecule has 1 atom stereocenters. The maximum Gasteiger partial charge on any atom is 0.305 e. The first-order chi connectivity index (χ1) is 11.4. The van der Waals surface area contributed by atoms with Crippen LogP contribution in [0.3, 0.4) is 0 Å². The number of nitrogens with two attached hydrogens (primary N) is 2. The lowest BCUT2D eigenvalue weighted by molar-refractivity contribution is -0.138. The van der Waals surface area contributed by atoms with Gasteiger partial charge in [-0.05, 0) is 0 Å². The third-order valence-electron chi connectivity index (χ3n) is 2.65. The van der Waals surface area contributed by atoms with Crippen LogP contribution >= 0.6 is 0 Å². The van der Waals surface area contributed by atoms with E-state index in [-0.39, 0.29) is 31.5 Å². The predicted molar refractivity (Wildman–Crippen MR) is 89.4 cm³/mol. The summed E-state index contributed by atoms with van der Waals surface area (Å²) in [5, 5.41) is 31.0. The molecule has 1 amide bonds. The van der Waals surface area contributed by atoms with E-state index in [0.29, 0.717) is 0 Å². The van der Waals surface area contributed by atoms with Crippen LogP contribution in [0.25, 0.3) is 0 Å². The number of nitrogens with zero attached hydrogens (tertiary/aromatic N) is 2. The summed E-state index contributed by atoms with van der Waals surface area (Å²) in [7, 11) is 3.38. The number of carbonyl (C=O) groups is 2. The molecule has 0 saturated carbocycles. The third-order valence-corrected chi connectivity index (χ3v) is 2.65. The average Bonchev–Trinajstić information content (AvgIpc) is 2.47. The molecule has 0 aromatic heterocycles. The topological polar surface area (TPSA) is 198 Å². The number of carboxylic acid groups (broad SMARTS) is 1. The van der Waals surface area contributed by atoms with Gasteiger partial charge in [-0.3, -0.25) is 15.0 Å². The first-order valence-corrected chi connectivity index (χ1v) is 6.96. The van der Waals surface area contributed by atoms with Crippen molar-refractivity contribution in [2.45, 2.75) is 26.4 Å². The lowest BCUT2D eigenvalue weighted by atomic mass is 9.87. The number of aliphatic hydroxyl groups excluding tert-OH is 2. The molecule has 0 fully saturated rings. The fraction of sp³-hybridized carbons (Fsp3) is 0.692. The summed E-state index contributed by atoms with van der Waals surface area (Å²) < 4.78 is 6.78. The lowest BCUT2D eigenvalue weighted by Crippen LogP contribution is -2.45. The monoisotopic (exact) mass is 349 g/mol. The fourth-order valence-electron chi connectivity index (χ4n) is 1.05. The summed E-state index contributed by atoms with van der Waals surface area (Å²) in [5.41, 5.74) is 9.09. The summed E-state index contributed by atoms with van der Waals surface area (Å²) in [6.07, 6.45) is -1.33. The Labute approximate surface area is 142 Å². The minimum absolute atomic E-state index is 0.0322. The highest BCUT2D eigenvalue weighted by Gasteiger charge is 2.32. The Morgan fingerprint density at radius 2 is 1.96 bits per heavy atom. The number of hydrogen-bond donors (Lipinski definition) is 7. The molecule has 0 heterocycles. The van der Waals surface area contributed by atoms with Crippen molar-refractivity contribution in [2.24, 2.45) is 21.9 Å². The van der Waals surface area contributed by atoms with E-state index >= 15 is 0 Å². The zero-order chi connectivity index (χ0) is 20.2. The third kappa shape index (κ3) is 11.2. The first kappa shape index (κ1) is 21.6. The van der Waals surface area contributed by atoms with Crippen molar-refractivity contribution in [3.05, 3.63) is 0 Å². The van der Waals surface area contributed by atoms with Gasteiger partial charge in [0.15, 0.2) is 5.96 Å². The van der Waals surface area contributed by atoms with E-state index in [4.69, 9.17) is 28.5 Å². The summed E-state index contributed by atoms with van der Waals surface area (Å²) in [4.78, 5) is 26.7. The molecule has 0 aromatic rings. The van der Waals surface area contributed by atoms with Crippen LogP contribution in [0.15, 0.2) is 4.99 Å². The van der Waals surface area contributed by atoms with Crippen LogP contribution in [0, 0.1) is 10.8 Å². The van der Waals surface area contributed by atoms with Crippen molar-refractivity contribution in [2.75, 3.05) is 27.2 Å². The minimum Gasteiger partial charge on any atom is -0.481 e. The Hall–Kier alpha value is -2.40. The van der Waals surface area contributed by atoms with Gasteiger partial charge in [0.1, 0.15) is 6.10 Å². The van der Waals surface area contributed by atoms with Gasteiger partial charge in [-0.25, -0.2) is 0 Å². The normalized spacial score (nSPS) is 12.0. The van der Waals surface area contributed by atoms with E-state index in [1.165, 1.54) is 4.90 Å². The molecule has 11 heteroatoms. The predicted octanol–water partition coefficient (Wildman–Crippen LogP) is -2.29. The summed E-state index contributed by atoms with van der Waals surface area (Å²) in [6, 6.07) is 0. The zero-order valence-electron chi connectivity index (χ0n) is 15.4. The maximum absolute atomic E-state index is 11.5. The second-order valence-corrected chi connectivity index (χ2v) is 5.72. The van der Waals surface area contributed by atoms with Crippen molar-refractivity contribution in [1.29, 1.82) is 6.84 Å². The van der Waals surface area contributed by atoms with Crippen molar-refractivity contribution >= 4 is 23.8 Å². The molecule has 0 radical (unpaired) electrons. The van der Waals surface area contributed by atoms with Crippen LogP contribution in [0.4, 0.5) is 0 Å². The van der Waals surface area contributed by atoms with E-state index in [9.17, 15) is 9.59 Å². The summed E-state index contributed by atoms with van der Waals surface area (Å²) in [6.45, 7) is 2.80. The van der Waals surface area contributed by atoms with Crippen molar-refractivity contribution < 1.29 is 24.9 Å². The van der Waals surface area contributed by atoms with Crippen molar-refractivity contribution in [3.8, 4) is 0 Å². The highest BCUT2D eigenvalue weighted by atomic mass is 16.4. The first-order valence-electron chi connectivity index (χ1n) is 7.37. The number of aliphatic hydroxyl groups is 2. The van der Waals surface area contributed by atoms with Gasteiger partial charge < -0.3 is 37.0 Å². The molecule has 0 bridgehead atoms. The quantitative estimate of drug-likeness (QED) is 0.197. The molecule has 0 aliphatic rings. The molecule has 0 aliphatic carbocycles. The number of carbonyl (C=O) groups excluding carboxylic acids is 1. The number of aliphatic imine (C=N–C) groups is 1. The molecule has 1 unspecified atom stereocenters. The summed E-state index contributed by atoms with van der Waals surface area (Å²) in [5.74, 6) is -1.66. The molecule has 0 rings (SSSR count). The van der Waals surface area contributed by atoms with Crippen LogP contribution in [0.5, 0.6) is 0 Å². The molecule has 0 aliphatic heterocycles. The largest absolute Gasteiger partial charge is 0.481 e. The van der Waals surface area contributed by atoms with Gasteiger partial charge in [-0.15, -0.1) is 0 Å². The van der Waals surface area contributed by atoms with E-state index in [2.05, 4.69) is 15.4 Å². The van der Waals surface area contributed by atoms with Crippen LogP contribution < -0.4 is 16.8 Å². The fourth-order valence-corrected chi connectivity index (χ4v) is 1.05. The van der Waals surface area contributed by atoms with E-state index in [1.807, 2.05) is 0 Å². The highest BCUT2D eigenvalue weighted by Crippen LogP contribution is 2.19. The van der Waals surface area contributed by atoms with Gasteiger partial charge in [0, 0.05) is 26.1 Å². The molecule has 0 spiro atoms. The second-order valence-electron chi connectivity index (χ2n) is 5.72. The number of rotatable bonds is 7. The molecule has 0 saturated heterocycles. The molecule has 0 aromatic carbocycles. The lowest BCUT2D eigenvalue weighted by Gasteiger charge is -2.26. The number of aliphatic carboxylic acids is 1. The van der Waals surface area contributed by atoms with Crippen LogP contribution in [0.1, 0.15) is 20.3 Å². The van der Waals surface area contributed by atoms with Crippen molar-refractivity contribution in [3.63, 3.8) is 0 Å².